The second-order valence-electron chi connectivity index (χ2n) is 3.78. The van der Waals surface area contributed by atoms with Gasteiger partial charge in [-0.2, -0.15) is 0 Å². The standard InChI is InChI=1S/C10H13Cl2N3O/c1-2-7(11)10(16)14-3-4-15-8(12)5-13-9(15)6-14/h5,7H,2-4,6H2,1H3/t7-/m0/s1. The molecule has 0 fully saturated rings. The van der Waals surface area contributed by atoms with Crippen molar-refractivity contribution in [1.82, 2.24) is 14.5 Å². The Morgan fingerprint density at radius 2 is 2.38 bits per heavy atom. The van der Waals surface area contributed by atoms with E-state index in [1.807, 2.05) is 11.5 Å². The highest BCUT2D eigenvalue weighted by molar-refractivity contribution is 6.30. The molecule has 88 valence electrons. The molecule has 1 aromatic rings. The zero-order valence-electron chi connectivity index (χ0n) is 8.99. The molecule has 0 saturated carbocycles. The fraction of sp³-hybridized carbons (Fsp3) is 0.600. The van der Waals surface area contributed by atoms with E-state index in [1.54, 1.807) is 11.1 Å². The van der Waals surface area contributed by atoms with Crippen LogP contribution in [0.4, 0.5) is 0 Å². The summed E-state index contributed by atoms with van der Waals surface area (Å²) in [7, 11) is 0. The lowest BCUT2D eigenvalue weighted by Gasteiger charge is -2.29. The van der Waals surface area contributed by atoms with Crippen molar-refractivity contribution in [2.24, 2.45) is 0 Å². The first-order chi connectivity index (χ1) is 7.63. The van der Waals surface area contributed by atoms with Crippen molar-refractivity contribution < 1.29 is 4.79 Å². The first-order valence-electron chi connectivity index (χ1n) is 5.26. The van der Waals surface area contributed by atoms with E-state index in [-0.39, 0.29) is 5.91 Å². The van der Waals surface area contributed by atoms with Crippen LogP contribution in [0.5, 0.6) is 0 Å². The molecule has 0 N–H and O–H groups in total. The summed E-state index contributed by atoms with van der Waals surface area (Å²) in [5.74, 6) is 0.805. The number of halogens is 2. The highest BCUT2D eigenvalue weighted by Crippen LogP contribution is 2.19. The number of rotatable bonds is 2. The van der Waals surface area contributed by atoms with Crippen molar-refractivity contribution >= 4 is 29.1 Å². The molecule has 0 unspecified atom stereocenters. The highest BCUT2D eigenvalue weighted by Gasteiger charge is 2.26. The van der Waals surface area contributed by atoms with Crippen LogP contribution >= 0.6 is 23.2 Å². The van der Waals surface area contributed by atoms with Crippen molar-refractivity contribution in [3.8, 4) is 0 Å². The molecule has 2 heterocycles. The summed E-state index contributed by atoms with van der Waals surface area (Å²) in [4.78, 5) is 17.8. The van der Waals surface area contributed by atoms with Crippen LogP contribution in [0.3, 0.4) is 0 Å². The van der Waals surface area contributed by atoms with E-state index >= 15 is 0 Å². The number of imidazole rings is 1. The predicted octanol–water partition coefficient (Wildman–Crippen LogP) is 1.90. The Labute approximate surface area is 104 Å². The molecular formula is C10H13Cl2N3O. The second-order valence-corrected chi connectivity index (χ2v) is 4.70. The Morgan fingerprint density at radius 3 is 3.06 bits per heavy atom. The van der Waals surface area contributed by atoms with Crippen LogP contribution in [0.25, 0.3) is 0 Å². The Morgan fingerprint density at radius 1 is 1.62 bits per heavy atom. The molecule has 1 aromatic heterocycles. The number of carbonyl (C=O) groups excluding carboxylic acids is 1. The van der Waals surface area contributed by atoms with E-state index in [1.165, 1.54) is 0 Å². The lowest BCUT2D eigenvalue weighted by Crippen LogP contribution is -2.42. The van der Waals surface area contributed by atoms with Gasteiger partial charge in [0.2, 0.25) is 5.91 Å². The van der Waals surface area contributed by atoms with Crippen molar-refractivity contribution in [3.05, 3.63) is 17.2 Å². The maximum atomic E-state index is 11.9. The minimum absolute atomic E-state index is 0.0189. The minimum atomic E-state index is -0.433. The fourth-order valence-corrected chi connectivity index (χ4v) is 2.15. The zero-order valence-corrected chi connectivity index (χ0v) is 10.5. The summed E-state index contributed by atoms with van der Waals surface area (Å²) < 4.78 is 1.92. The molecule has 16 heavy (non-hydrogen) atoms. The minimum Gasteiger partial charge on any atom is -0.332 e. The molecule has 0 spiro atoms. The third-order valence-corrected chi connectivity index (χ3v) is 3.55. The molecular weight excluding hydrogens is 249 g/mol. The van der Waals surface area contributed by atoms with Crippen LogP contribution in [0.2, 0.25) is 5.15 Å². The molecule has 1 amide bonds. The van der Waals surface area contributed by atoms with Gasteiger partial charge >= 0.3 is 0 Å². The predicted molar refractivity (Wildman–Crippen MR) is 62.6 cm³/mol. The molecule has 1 atom stereocenters. The Balaban J connectivity index is 2.11. The summed E-state index contributed by atoms with van der Waals surface area (Å²) >= 11 is 11.9. The van der Waals surface area contributed by atoms with Gasteiger partial charge in [0.1, 0.15) is 16.4 Å². The van der Waals surface area contributed by atoms with E-state index < -0.39 is 5.38 Å². The van der Waals surface area contributed by atoms with Gasteiger partial charge in [-0.15, -0.1) is 11.6 Å². The van der Waals surface area contributed by atoms with Gasteiger partial charge in [0, 0.05) is 13.1 Å². The Bertz CT molecular complexity index is 405. The van der Waals surface area contributed by atoms with Crippen molar-refractivity contribution in [1.29, 1.82) is 0 Å². The summed E-state index contributed by atoms with van der Waals surface area (Å²) in [5, 5.41) is 0.192. The van der Waals surface area contributed by atoms with Gasteiger partial charge in [0.15, 0.2) is 0 Å². The van der Waals surface area contributed by atoms with E-state index in [9.17, 15) is 4.79 Å². The Hall–Kier alpha value is -0.740. The SMILES string of the molecule is CC[C@H](Cl)C(=O)N1CCn2c(Cl)cnc2C1. The second kappa shape index (κ2) is 4.63. The van der Waals surface area contributed by atoms with Crippen molar-refractivity contribution in [3.63, 3.8) is 0 Å². The van der Waals surface area contributed by atoms with E-state index in [0.717, 1.165) is 5.82 Å². The van der Waals surface area contributed by atoms with Gasteiger partial charge in [-0.1, -0.05) is 18.5 Å². The Kier molecular flexibility index (Phi) is 3.40. The first kappa shape index (κ1) is 11.7. The number of amides is 1. The molecule has 0 aromatic carbocycles. The van der Waals surface area contributed by atoms with Crippen LogP contribution in [-0.2, 0) is 17.9 Å². The van der Waals surface area contributed by atoms with Gasteiger partial charge in [-0.05, 0) is 6.42 Å². The summed E-state index contributed by atoms with van der Waals surface area (Å²) in [6.07, 6.45) is 2.26. The first-order valence-corrected chi connectivity index (χ1v) is 6.07. The van der Waals surface area contributed by atoms with Crippen molar-refractivity contribution in [2.45, 2.75) is 31.8 Å². The molecule has 4 nitrogen and oxygen atoms in total. The largest absolute Gasteiger partial charge is 0.332 e. The quantitative estimate of drug-likeness (QED) is 0.763. The fourth-order valence-electron chi connectivity index (χ4n) is 1.78. The molecule has 1 aliphatic heterocycles. The molecule has 6 heteroatoms. The molecule has 0 bridgehead atoms. The summed E-state index contributed by atoms with van der Waals surface area (Å²) in [5.41, 5.74) is 0. The third-order valence-electron chi connectivity index (χ3n) is 2.75. The lowest BCUT2D eigenvalue weighted by molar-refractivity contribution is -0.132. The third kappa shape index (κ3) is 2.04. The van der Waals surface area contributed by atoms with E-state index in [0.29, 0.717) is 31.2 Å². The monoisotopic (exact) mass is 261 g/mol. The molecule has 0 saturated heterocycles. The molecule has 2 rings (SSSR count). The normalized spacial score (nSPS) is 17.1. The zero-order chi connectivity index (χ0) is 11.7. The van der Waals surface area contributed by atoms with Gasteiger partial charge < -0.3 is 9.47 Å². The molecule has 0 radical (unpaired) electrons. The van der Waals surface area contributed by atoms with E-state index in [4.69, 9.17) is 23.2 Å². The smallest absolute Gasteiger partial charge is 0.241 e. The maximum Gasteiger partial charge on any atom is 0.241 e. The molecule has 0 aliphatic carbocycles. The number of aromatic nitrogens is 2. The number of nitrogens with zero attached hydrogens (tertiary/aromatic N) is 3. The van der Waals surface area contributed by atoms with E-state index in [2.05, 4.69) is 4.98 Å². The van der Waals surface area contributed by atoms with Gasteiger partial charge in [-0.25, -0.2) is 4.98 Å². The molecule has 1 aliphatic rings. The average Bonchev–Trinajstić information content (AvgIpc) is 2.68. The van der Waals surface area contributed by atoms with Crippen LogP contribution in [-0.4, -0.2) is 32.3 Å². The lowest BCUT2D eigenvalue weighted by atomic mass is 10.2. The summed E-state index contributed by atoms with van der Waals surface area (Å²) in [6.45, 7) is 3.73. The van der Waals surface area contributed by atoms with Gasteiger partial charge in [-0.3, -0.25) is 4.79 Å². The number of hydrogen-bond donors (Lipinski definition) is 0. The van der Waals surface area contributed by atoms with Crippen LogP contribution < -0.4 is 0 Å². The number of hydrogen-bond acceptors (Lipinski definition) is 2. The van der Waals surface area contributed by atoms with Crippen LogP contribution in [0, 0.1) is 0 Å². The highest BCUT2D eigenvalue weighted by atomic mass is 35.5. The van der Waals surface area contributed by atoms with Gasteiger partial charge in [0.25, 0.3) is 0 Å². The average molecular weight is 262 g/mol. The van der Waals surface area contributed by atoms with Crippen LogP contribution in [0.1, 0.15) is 19.2 Å². The van der Waals surface area contributed by atoms with Crippen molar-refractivity contribution in [2.75, 3.05) is 6.54 Å². The summed E-state index contributed by atoms with van der Waals surface area (Å²) in [6, 6.07) is 0. The number of fused-ring (bicyclic) bond motifs is 1. The van der Waals surface area contributed by atoms with Crippen LogP contribution in [0.15, 0.2) is 6.20 Å². The topological polar surface area (TPSA) is 38.1 Å². The number of alkyl halides is 1. The number of carbonyl (C=O) groups is 1. The maximum absolute atomic E-state index is 11.9. The van der Waals surface area contributed by atoms with Gasteiger partial charge in [0.05, 0.1) is 12.7 Å².